The molecule has 2 aliphatic heterocycles. The Bertz CT molecular complexity index is 1340. The number of nitrogens with zero attached hydrogens (tertiary/aromatic N) is 1. The van der Waals surface area contributed by atoms with Crippen molar-refractivity contribution >= 4 is 23.2 Å². The first-order valence-corrected chi connectivity index (χ1v) is 19.4. The molecule has 0 saturated carbocycles. The lowest BCUT2D eigenvalue weighted by Gasteiger charge is -2.39. The Hall–Kier alpha value is -3.04. The third kappa shape index (κ3) is 15.0. The Morgan fingerprint density at radius 3 is 1.92 bits per heavy atom. The highest BCUT2D eigenvalue weighted by molar-refractivity contribution is 6.31. The van der Waals surface area contributed by atoms with Crippen LogP contribution < -0.4 is 0 Å². The van der Waals surface area contributed by atoms with Crippen molar-refractivity contribution in [2.45, 2.75) is 159 Å². The molecule has 7 atom stereocenters. The van der Waals surface area contributed by atoms with Crippen molar-refractivity contribution in [2.24, 2.45) is 10.9 Å². The average Bonchev–Trinajstić information content (AvgIpc) is 3.42. The molecule has 298 valence electrons. The first kappa shape index (κ1) is 44.4. The zero-order valence-electron chi connectivity index (χ0n) is 31.1. The predicted octanol–water partition coefficient (Wildman–Crippen LogP) is 4.31. The number of phenols is 1. The van der Waals surface area contributed by atoms with Crippen LogP contribution in [0.2, 0.25) is 0 Å². The number of Topliss-reactive ketones (excluding diaryl/α,β-unsaturated/α-hetero) is 2. The van der Waals surface area contributed by atoms with Gasteiger partial charge in [-0.05, 0) is 43.4 Å². The van der Waals surface area contributed by atoms with Crippen LogP contribution in [0.1, 0.15) is 122 Å². The molecule has 1 amide bonds. The SMILES string of the molecule is C[C@@H](CCCCCCCCC(=O)CCCCCCCCC[C@@H](O)CO[C@@H]1O[C@H](CO)[C@@H](O)[C@H](O)[C@H]1O)C(=O)C1=C(O)C(Cc2ccc(O)cc2)=NC1=O. The molecule has 13 nitrogen and oxygen atoms in total. The molecule has 1 fully saturated rings. The Labute approximate surface area is 312 Å². The van der Waals surface area contributed by atoms with Gasteiger partial charge in [-0.1, -0.05) is 89.7 Å². The third-order valence-corrected chi connectivity index (χ3v) is 10.1. The van der Waals surface area contributed by atoms with Crippen LogP contribution in [0, 0.1) is 5.92 Å². The molecule has 1 aromatic rings. The minimum absolute atomic E-state index is 0.0973. The zero-order chi connectivity index (χ0) is 38.8. The molecule has 53 heavy (non-hydrogen) atoms. The summed E-state index contributed by atoms with van der Waals surface area (Å²) in [5, 5.41) is 69.1. The number of aliphatic hydroxyl groups excluding tert-OH is 6. The Morgan fingerprint density at radius 1 is 0.792 bits per heavy atom. The summed E-state index contributed by atoms with van der Waals surface area (Å²) in [7, 11) is 0. The molecule has 1 aromatic carbocycles. The second-order valence-electron chi connectivity index (χ2n) is 14.6. The maximum Gasteiger partial charge on any atom is 0.284 e. The molecular formula is C40H61NO12. The average molecular weight is 748 g/mol. The Morgan fingerprint density at radius 2 is 1.34 bits per heavy atom. The third-order valence-electron chi connectivity index (χ3n) is 10.1. The maximum atomic E-state index is 12.9. The number of hydrogen-bond acceptors (Lipinski definition) is 12. The number of carbonyl (C=O) groups is 3. The van der Waals surface area contributed by atoms with Crippen LogP contribution >= 0.6 is 0 Å². The molecule has 0 aromatic heterocycles. The number of rotatable bonds is 27. The number of aliphatic imine (C=N–C) groups is 1. The molecule has 0 radical (unpaired) electrons. The number of allylic oxidation sites excluding steroid dienone is 1. The van der Waals surface area contributed by atoms with Crippen molar-refractivity contribution in [3.8, 4) is 5.75 Å². The molecule has 0 bridgehead atoms. The van der Waals surface area contributed by atoms with E-state index in [9.17, 15) is 50.1 Å². The fourth-order valence-electron chi connectivity index (χ4n) is 6.69. The Balaban J connectivity index is 1.12. The molecule has 0 spiro atoms. The van der Waals surface area contributed by atoms with Gasteiger partial charge in [-0.2, -0.15) is 0 Å². The summed E-state index contributed by atoms with van der Waals surface area (Å²) >= 11 is 0. The van der Waals surface area contributed by atoms with Gasteiger partial charge in [-0.3, -0.25) is 14.4 Å². The van der Waals surface area contributed by atoms with E-state index in [1.807, 2.05) is 0 Å². The van der Waals surface area contributed by atoms with Crippen molar-refractivity contribution in [3.63, 3.8) is 0 Å². The summed E-state index contributed by atoms with van der Waals surface area (Å²) in [4.78, 5) is 41.5. The van der Waals surface area contributed by atoms with Crippen LogP contribution in [-0.4, -0.2) is 109 Å². The first-order valence-electron chi connectivity index (χ1n) is 19.4. The van der Waals surface area contributed by atoms with Crippen LogP contribution in [-0.2, 0) is 30.3 Å². The molecule has 0 unspecified atom stereocenters. The van der Waals surface area contributed by atoms with Crippen LogP contribution in [0.4, 0.5) is 0 Å². The largest absolute Gasteiger partial charge is 0.508 e. The van der Waals surface area contributed by atoms with Gasteiger partial charge in [0, 0.05) is 25.2 Å². The molecule has 3 rings (SSSR count). The topological polar surface area (TPSA) is 224 Å². The fraction of sp³-hybridized carbons (Fsp3) is 0.700. The minimum Gasteiger partial charge on any atom is -0.508 e. The van der Waals surface area contributed by atoms with Crippen LogP contribution in [0.25, 0.3) is 0 Å². The second kappa shape index (κ2) is 23.7. The van der Waals surface area contributed by atoms with Gasteiger partial charge < -0.3 is 45.2 Å². The highest BCUT2D eigenvalue weighted by Gasteiger charge is 2.44. The zero-order valence-corrected chi connectivity index (χ0v) is 31.1. The first-order chi connectivity index (χ1) is 25.4. The molecule has 13 heteroatoms. The van der Waals surface area contributed by atoms with Crippen LogP contribution in [0.3, 0.4) is 0 Å². The van der Waals surface area contributed by atoms with E-state index in [1.165, 1.54) is 12.1 Å². The second-order valence-corrected chi connectivity index (χ2v) is 14.6. The Kier molecular flexibility index (Phi) is 19.8. The molecule has 7 N–H and O–H groups in total. The molecule has 2 heterocycles. The van der Waals surface area contributed by atoms with Gasteiger partial charge in [0.05, 0.1) is 25.0 Å². The summed E-state index contributed by atoms with van der Waals surface area (Å²) < 4.78 is 10.7. The number of ketones is 2. The smallest absolute Gasteiger partial charge is 0.284 e. The van der Waals surface area contributed by atoms with Crippen molar-refractivity contribution in [1.82, 2.24) is 0 Å². The monoisotopic (exact) mass is 747 g/mol. The summed E-state index contributed by atoms with van der Waals surface area (Å²) in [5.41, 5.74) is 0.687. The fourth-order valence-corrected chi connectivity index (χ4v) is 6.69. The highest BCUT2D eigenvalue weighted by atomic mass is 16.7. The number of benzene rings is 1. The number of phenolic OH excluding ortho intramolecular Hbond substituents is 1. The highest BCUT2D eigenvalue weighted by Crippen LogP contribution is 2.25. The standard InChI is InChI=1S/C40H61NO12/c1-26(34(46)33-35(47)31(41-39(33)51)23-27-19-21-29(44)22-20-27)15-11-7-5-6-9-13-17-28(43)16-12-8-3-2-4-10-14-18-30(45)25-52-40-38(50)37(49)36(48)32(24-42)53-40/h19-22,26,30,32,36-38,40,42,44-45,47-50H,2-18,23-25H2,1H3/t26-,30+,32+,36+,37-,38+,40+/m0/s1. The van der Waals surface area contributed by atoms with E-state index in [1.54, 1.807) is 19.1 Å². The summed E-state index contributed by atoms with van der Waals surface area (Å²) in [6, 6.07) is 6.36. The molecule has 0 aliphatic carbocycles. The number of ether oxygens (including phenoxy) is 2. The minimum atomic E-state index is -1.51. The molecular weight excluding hydrogens is 686 g/mol. The lowest BCUT2D eigenvalue weighted by Crippen LogP contribution is -2.59. The number of amides is 1. The van der Waals surface area contributed by atoms with E-state index < -0.39 is 55.2 Å². The van der Waals surface area contributed by atoms with Gasteiger partial charge in [0.15, 0.2) is 17.8 Å². The van der Waals surface area contributed by atoms with Crippen molar-refractivity contribution in [1.29, 1.82) is 0 Å². The molecule has 1 saturated heterocycles. The maximum absolute atomic E-state index is 12.9. The van der Waals surface area contributed by atoms with Crippen LogP contribution in [0.5, 0.6) is 5.75 Å². The number of aromatic hydroxyl groups is 1. The van der Waals surface area contributed by atoms with Gasteiger partial charge in [0.2, 0.25) is 0 Å². The summed E-state index contributed by atoms with van der Waals surface area (Å²) in [6.45, 7) is 1.14. The summed E-state index contributed by atoms with van der Waals surface area (Å²) in [6.07, 6.45) is 7.58. The van der Waals surface area contributed by atoms with E-state index in [4.69, 9.17) is 9.47 Å². The van der Waals surface area contributed by atoms with E-state index in [2.05, 4.69) is 4.99 Å². The van der Waals surface area contributed by atoms with Crippen molar-refractivity contribution < 1.29 is 59.6 Å². The van der Waals surface area contributed by atoms with Gasteiger partial charge in [0.1, 0.15) is 41.5 Å². The quantitative estimate of drug-likeness (QED) is 0.0494. The normalized spacial score (nSPS) is 22.9. The van der Waals surface area contributed by atoms with Gasteiger partial charge in [-0.15, -0.1) is 0 Å². The lowest BCUT2D eigenvalue weighted by molar-refractivity contribution is -0.304. The van der Waals surface area contributed by atoms with E-state index >= 15 is 0 Å². The van der Waals surface area contributed by atoms with Gasteiger partial charge in [-0.25, -0.2) is 4.99 Å². The number of hydrogen-bond donors (Lipinski definition) is 7. The van der Waals surface area contributed by atoms with Crippen LogP contribution in [0.15, 0.2) is 40.6 Å². The predicted molar refractivity (Wildman–Crippen MR) is 197 cm³/mol. The van der Waals surface area contributed by atoms with E-state index in [-0.39, 0.29) is 41.6 Å². The number of carbonyl (C=O) groups excluding carboxylic acids is 3. The molecule has 2 aliphatic rings. The van der Waals surface area contributed by atoms with Gasteiger partial charge in [0.25, 0.3) is 5.91 Å². The van der Waals surface area contributed by atoms with Gasteiger partial charge >= 0.3 is 0 Å². The van der Waals surface area contributed by atoms with E-state index in [0.29, 0.717) is 31.5 Å². The van der Waals surface area contributed by atoms with Crippen molar-refractivity contribution in [3.05, 3.63) is 41.2 Å². The lowest BCUT2D eigenvalue weighted by atomic mass is 9.92. The number of unbranched alkanes of at least 4 members (excludes halogenated alkanes) is 11. The van der Waals surface area contributed by atoms with Crippen molar-refractivity contribution in [2.75, 3.05) is 13.2 Å². The summed E-state index contributed by atoms with van der Waals surface area (Å²) in [5.74, 6) is -1.41. The number of aliphatic hydroxyl groups is 6. The van der Waals surface area contributed by atoms with E-state index in [0.717, 1.165) is 89.0 Å².